The van der Waals surface area contributed by atoms with E-state index in [0.29, 0.717) is 24.3 Å². The number of likely N-dealkylation sites (tertiary alicyclic amines) is 1. The minimum atomic E-state index is -0.980. The summed E-state index contributed by atoms with van der Waals surface area (Å²) < 4.78 is 0. The highest BCUT2D eigenvalue weighted by atomic mass is 16.4. The lowest BCUT2D eigenvalue weighted by Crippen LogP contribution is -2.47. The zero-order valence-electron chi connectivity index (χ0n) is 11.6. The fourth-order valence-corrected chi connectivity index (χ4v) is 3.36. The molecule has 1 aliphatic carbocycles. The van der Waals surface area contributed by atoms with Gasteiger partial charge in [0.25, 0.3) is 0 Å². The van der Waals surface area contributed by atoms with E-state index in [1.807, 2.05) is 0 Å². The minimum Gasteiger partial charge on any atom is -0.480 e. The van der Waals surface area contributed by atoms with E-state index in [1.54, 1.807) is 0 Å². The molecular formula is C14H26N2O2. The molecule has 4 heteroatoms. The Balaban J connectivity index is 1.96. The normalized spacial score (nSPS) is 37.4. The molecule has 1 saturated carbocycles. The molecule has 1 saturated heterocycles. The van der Waals surface area contributed by atoms with E-state index in [2.05, 4.69) is 18.7 Å². The van der Waals surface area contributed by atoms with Crippen LogP contribution < -0.4 is 5.73 Å². The van der Waals surface area contributed by atoms with Gasteiger partial charge in [-0.05, 0) is 57.0 Å². The Hall–Kier alpha value is -0.610. The molecule has 3 N–H and O–H groups in total. The van der Waals surface area contributed by atoms with Crippen molar-refractivity contribution >= 4 is 5.97 Å². The van der Waals surface area contributed by atoms with Gasteiger partial charge in [0.1, 0.15) is 5.54 Å². The van der Waals surface area contributed by atoms with Crippen molar-refractivity contribution in [1.82, 2.24) is 4.90 Å². The summed E-state index contributed by atoms with van der Waals surface area (Å²) in [7, 11) is 0. The van der Waals surface area contributed by atoms with Crippen LogP contribution in [0.4, 0.5) is 0 Å². The average Bonchev–Trinajstić information content (AvgIpc) is 2.58. The molecule has 4 nitrogen and oxygen atoms in total. The van der Waals surface area contributed by atoms with Gasteiger partial charge in [-0.1, -0.05) is 13.8 Å². The van der Waals surface area contributed by atoms with Gasteiger partial charge in [0.05, 0.1) is 0 Å². The van der Waals surface area contributed by atoms with Crippen LogP contribution in [-0.2, 0) is 4.79 Å². The smallest absolute Gasteiger partial charge is 0.323 e. The largest absolute Gasteiger partial charge is 0.480 e. The van der Waals surface area contributed by atoms with Crippen LogP contribution in [0.15, 0.2) is 0 Å². The van der Waals surface area contributed by atoms with E-state index in [9.17, 15) is 9.90 Å². The molecular weight excluding hydrogens is 228 g/mol. The summed E-state index contributed by atoms with van der Waals surface area (Å²) in [4.78, 5) is 13.7. The zero-order chi connectivity index (χ0) is 13.4. The number of nitrogens with zero attached hydrogens (tertiary/aromatic N) is 1. The van der Waals surface area contributed by atoms with Crippen molar-refractivity contribution in [1.29, 1.82) is 0 Å². The van der Waals surface area contributed by atoms with Crippen molar-refractivity contribution in [2.75, 3.05) is 13.1 Å². The van der Waals surface area contributed by atoms with Crippen LogP contribution in [0.1, 0.15) is 52.4 Å². The zero-order valence-corrected chi connectivity index (χ0v) is 11.6. The standard InChI is InChI=1S/C14H26N2O2/c1-13(2)5-3-8-16(9-7-13)11-4-6-14(15,10-11)12(17)18/h11H,3-10,15H2,1-2H3,(H,17,18). The Labute approximate surface area is 110 Å². The van der Waals surface area contributed by atoms with E-state index in [0.717, 1.165) is 19.5 Å². The third-order valence-corrected chi connectivity index (χ3v) is 4.84. The first kappa shape index (κ1) is 13.8. The van der Waals surface area contributed by atoms with Crippen LogP contribution >= 0.6 is 0 Å². The van der Waals surface area contributed by atoms with Crippen molar-refractivity contribution in [3.8, 4) is 0 Å². The molecule has 2 unspecified atom stereocenters. The molecule has 0 aromatic rings. The van der Waals surface area contributed by atoms with Crippen molar-refractivity contribution in [3.05, 3.63) is 0 Å². The summed E-state index contributed by atoms with van der Waals surface area (Å²) in [5, 5.41) is 9.18. The topological polar surface area (TPSA) is 66.6 Å². The first-order valence-electron chi connectivity index (χ1n) is 7.09. The van der Waals surface area contributed by atoms with Gasteiger partial charge in [0, 0.05) is 6.04 Å². The first-order chi connectivity index (χ1) is 8.32. The average molecular weight is 254 g/mol. The van der Waals surface area contributed by atoms with Gasteiger partial charge in [0.15, 0.2) is 0 Å². The van der Waals surface area contributed by atoms with Crippen LogP contribution in [0.5, 0.6) is 0 Å². The van der Waals surface area contributed by atoms with E-state index >= 15 is 0 Å². The number of hydrogen-bond donors (Lipinski definition) is 2. The van der Waals surface area contributed by atoms with Gasteiger partial charge in [-0.2, -0.15) is 0 Å². The second-order valence-corrected chi connectivity index (χ2v) is 6.91. The molecule has 2 atom stereocenters. The third-order valence-electron chi connectivity index (χ3n) is 4.84. The third kappa shape index (κ3) is 2.86. The van der Waals surface area contributed by atoms with Gasteiger partial charge in [0.2, 0.25) is 0 Å². The molecule has 2 aliphatic rings. The van der Waals surface area contributed by atoms with E-state index < -0.39 is 11.5 Å². The highest BCUT2D eigenvalue weighted by Gasteiger charge is 2.44. The van der Waals surface area contributed by atoms with Gasteiger partial charge in [-0.25, -0.2) is 0 Å². The van der Waals surface area contributed by atoms with Gasteiger partial charge in [-0.15, -0.1) is 0 Å². The molecule has 104 valence electrons. The number of rotatable bonds is 2. The number of carbonyl (C=O) groups is 1. The van der Waals surface area contributed by atoms with E-state index in [4.69, 9.17) is 5.73 Å². The molecule has 18 heavy (non-hydrogen) atoms. The second kappa shape index (κ2) is 4.82. The highest BCUT2D eigenvalue weighted by Crippen LogP contribution is 2.35. The summed E-state index contributed by atoms with van der Waals surface area (Å²) >= 11 is 0. The quantitative estimate of drug-likeness (QED) is 0.789. The maximum absolute atomic E-state index is 11.2. The fourth-order valence-electron chi connectivity index (χ4n) is 3.36. The summed E-state index contributed by atoms with van der Waals surface area (Å²) in [6, 6.07) is 0.375. The molecule has 0 amide bonds. The molecule has 0 bridgehead atoms. The number of aliphatic carboxylic acids is 1. The van der Waals surface area contributed by atoms with Crippen LogP contribution in [0.2, 0.25) is 0 Å². The molecule has 1 aliphatic heterocycles. The molecule has 2 rings (SSSR count). The number of nitrogens with two attached hydrogens (primary N) is 1. The lowest BCUT2D eigenvalue weighted by atomic mass is 9.85. The van der Waals surface area contributed by atoms with Crippen LogP contribution in [0.25, 0.3) is 0 Å². The number of carboxylic acids is 1. The molecule has 0 spiro atoms. The van der Waals surface area contributed by atoms with Gasteiger partial charge in [-0.3, -0.25) is 4.79 Å². The summed E-state index contributed by atoms with van der Waals surface area (Å²) in [5.74, 6) is -0.833. The molecule has 0 radical (unpaired) electrons. The monoisotopic (exact) mass is 254 g/mol. The van der Waals surface area contributed by atoms with Crippen LogP contribution in [0.3, 0.4) is 0 Å². The van der Waals surface area contributed by atoms with Gasteiger partial charge >= 0.3 is 5.97 Å². The second-order valence-electron chi connectivity index (χ2n) is 6.91. The Morgan fingerprint density at radius 3 is 2.61 bits per heavy atom. The Bertz CT molecular complexity index is 330. The van der Waals surface area contributed by atoms with Crippen molar-refractivity contribution in [2.24, 2.45) is 11.1 Å². The Morgan fingerprint density at radius 1 is 1.28 bits per heavy atom. The lowest BCUT2D eigenvalue weighted by Gasteiger charge is -2.29. The van der Waals surface area contributed by atoms with E-state index in [1.165, 1.54) is 19.3 Å². The minimum absolute atomic E-state index is 0.375. The molecule has 1 heterocycles. The number of hydrogen-bond acceptors (Lipinski definition) is 3. The number of carboxylic acid groups (broad SMARTS) is 1. The van der Waals surface area contributed by atoms with Crippen molar-refractivity contribution < 1.29 is 9.90 Å². The van der Waals surface area contributed by atoms with Crippen LogP contribution in [-0.4, -0.2) is 40.6 Å². The lowest BCUT2D eigenvalue weighted by molar-refractivity contribution is -0.143. The van der Waals surface area contributed by atoms with Crippen LogP contribution in [0, 0.1) is 5.41 Å². The first-order valence-corrected chi connectivity index (χ1v) is 7.09. The van der Waals surface area contributed by atoms with Gasteiger partial charge < -0.3 is 15.7 Å². The maximum Gasteiger partial charge on any atom is 0.323 e. The maximum atomic E-state index is 11.2. The molecule has 0 aromatic heterocycles. The fraction of sp³-hybridized carbons (Fsp3) is 0.929. The van der Waals surface area contributed by atoms with Crippen molar-refractivity contribution in [3.63, 3.8) is 0 Å². The van der Waals surface area contributed by atoms with Crippen molar-refractivity contribution in [2.45, 2.75) is 64.0 Å². The predicted molar refractivity (Wildman–Crippen MR) is 71.4 cm³/mol. The Kier molecular flexibility index (Phi) is 3.70. The Morgan fingerprint density at radius 2 is 2.00 bits per heavy atom. The summed E-state index contributed by atoms with van der Waals surface area (Å²) in [5.41, 5.74) is 5.42. The highest BCUT2D eigenvalue weighted by molar-refractivity contribution is 5.79. The SMILES string of the molecule is CC1(C)CCCN(C2CCC(N)(C(=O)O)C2)CC1. The summed E-state index contributed by atoms with van der Waals surface area (Å²) in [6.45, 7) is 6.85. The molecule has 0 aromatic carbocycles. The van der Waals surface area contributed by atoms with E-state index in [-0.39, 0.29) is 0 Å². The predicted octanol–water partition coefficient (Wildman–Crippen LogP) is 1.83. The summed E-state index contributed by atoms with van der Waals surface area (Å²) in [6.07, 6.45) is 5.85. The molecule has 2 fully saturated rings.